The fourth-order valence-electron chi connectivity index (χ4n) is 2.84. The number of carbonyl (C=O) groups excluding carboxylic acids is 1. The van der Waals surface area contributed by atoms with Crippen molar-refractivity contribution in [2.24, 2.45) is 5.73 Å². The number of nitrogens with zero attached hydrogens (tertiary/aromatic N) is 1. The number of primary amides is 1. The molecular formula is C21H24ClF3N2O. The van der Waals surface area contributed by atoms with Crippen molar-refractivity contribution in [3.63, 3.8) is 0 Å². The summed E-state index contributed by atoms with van der Waals surface area (Å²) in [5.41, 5.74) is 9.44. The standard InChI is InChI=1S/C18H18ClN.C2H3F3.CH3NO/c19-18-9-7-15-4-2-1-3-5-16(15)17(18)8-6-14-10-12-20-13-11-14;1-2(3,4)5;2-1-3/h6-13H,1-5H2;1H3;1H,(H2,2,3)/b8-6-;;. The molecule has 0 spiro atoms. The highest BCUT2D eigenvalue weighted by Crippen LogP contribution is 2.30. The maximum atomic E-state index is 10.4. The van der Waals surface area contributed by atoms with Crippen LogP contribution < -0.4 is 5.73 Å². The molecule has 1 aromatic heterocycles. The molecule has 1 amide bonds. The van der Waals surface area contributed by atoms with Gasteiger partial charge in [-0.2, -0.15) is 13.2 Å². The molecule has 1 aromatic carbocycles. The van der Waals surface area contributed by atoms with Crippen LogP contribution in [0, 0.1) is 0 Å². The number of benzene rings is 1. The van der Waals surface area contributed by atoms with Gasteiger partial charge in [0, 0.05) is 24.3 Å². The van der Waals surface area contributed by atoms with Gasteiger partial charge >= 0.3 is 6.18 Å². The van der Waals surface area contributed by atoms with Crippen LogP contribution in [-0.4, -0.2) is 17.6 Å². The summed E-state index contributed by atoms with van der Waals surface area (Å²) in [6.45, 7) is 0.188. The summed E-state index contributed by atoms with van der Waals surface area (Å²) >= 11 is 6.42. The largest absolute Gasteiger partial charge is 0.386 e. The summed E-state index contributed by atoms with van der Waals surface area (Å²) in [5.74, 6) is 0. The topological polar surface area (TPSA) is 56.0 Å². The van der Waals surface area contributed by atoms with Crippen LogP contribution in [0.25, 0.3) is 12.2 Å². The first-order valence-electron chi connectivity index (χ1n) is 8.86. The van der Waals surface area contributed by atoms with Gasteiger partial charge in [0.25, 0.3) is 0 Å². The number of nitrogens with two attached hydrogens (primary N) is 1. The second-order valence-corrected chi connectivity index (χ2v) is 6.60. The van der Waals surface area contributed by atoms with Crippen molar-refractivity contribution in [3.8, 4) is 0 Å². The lowest BCUT2D eigenvalue weighted by Gasteiger charge is -2.11. The minimum atomic E-state index is -4.00. The fourth-order valence-corrected chi connectivity index (χ4v) is 3.08. The first kappa shape index (κ1) is 23.7. The van der Waals surface area contributed by atoms with E-state index in [-0.39, 0.29) is 13.3 Å². The van der Waals surface area contributed by atoms with Crippen LogP contribution in [0.5, 0.6) is 0 Å². The molecule has 0 saturated heterocycles. The molecule has 2 aromatic rings. The molecule has 3 nitrogen and oxygen atoms in total. The van der Waals surface area contributed by atoms with Gasteiger partial charge in [0.1, 0.15) is 0 Å². The molecule has 152 valence electrons. The van der Waals surface area contributed by atoms with Gasteiger partial charge in [-0.1, -0.05) is 36.2 Å². The molecule has 2 N–H and O–H groups in total. The second-order valence-electron chi connectivity index (χ2n) is 6.19. The van der Waals surface area contributed by atoms with Crippen molar-refractivity contribution in [2.45, 2.75) is 45.2 Å². The molecule has 1 heterocycles. The Morgan fingerprint density at radius 1 is 1.04 bits per heavy atom. The van der Waals surface area contributed by atoms with Gasteiger partial charge in [-0.15, -0.1) is 0 Å². The molecular weight excluding hydrogens is 389 g/mol. The zero-order chi connectivity index (χ0) is 21.0. The summed E-state index contributed by atoms with van der Waals surface area (Å²) < 4.78 is 31.1. The average Bonchev–Trinajstić information content (AvgIpc) is 2.87. The zero-order valence-electron chi connectivity index (χ0n) is 15.7. The van der Waals surface area contributed by atoms with E-state index in [9.17, 15) is 13.2 Å². The molecule has 7 heteroatoms. The molecule has 0 unspecified atom stereocenters. The van der Waals surface area contributed by atoms with E-state index in [2.05, 4.69) is 28.9 Å². The Morgan fingerprint density at radius 2 is 1.61 bits per heavy atom. The summed E-state index contributed by atoms with van der Waals surface area (Å²) in [5, 5.41) is 0.857. The number of aromatic nitrogens is 1. The Bertz CT molecular complexity index is 756. The lowest BCUT2D eigenvalue weighted by molar-refractivity contribution is -0.110. The van der Waals surface area contributed by atoms with E-state index in [1.807, 2.05) is 30.6 Å². The normalized spacial score (nSPS) is 13.3. The molecule has 0 atom stereocenters. The van der Waals surface area contributed by atoms with Crippen LogP contribution in [0.4, 0.5) is 13.2 Å². The summed E-state index contributed by atoms with van der Waals surface area (Å²) in [6, 6.07) is 8.25. The monoisotopic (exact) mass is 412 g/mol. The lowest BCUT2D eigenvalue weighted by atomic mass is 9.96. The van der Waals surface area contributed by atoms with Crippen LogP contribution >= 0.6 is 11.6 Å². The first-order valence-corrected chi connectivity index (χ1v) is 9.24. The third-order valence-electron chi connectivity index (χ3n) is 3.92. The highest BCUT2D eigenvalue weighted by molar-refractivity contribution is 6.32. The third kappa shape index (κ3) is 9.55. The number of hydrogen-bond donors (Lipinski definition) is 1. The number of hydrogen-bond acceptors (Lipinski definition) is 2. The number of fused-ring (bicyclic) bond motifs is 1. The summed E-state index contributed by atoms with van der Waals surface area (Å²) in [6.07, 6.45) is 10.4. The van der Waals surface area contributed by atoms with E-state index >= 15 is 0 Å². The summed E-state index contributed by atoms with van der Waals surface area (Å²) in [4.78, 5) is 12.6. The Morgan fingerprint density at radius 3 is 2.21 bits per heavy atom. The van der Waals surface area contributed by atoms with Crippen LogP contribution in [0.2, 0.25) is 5.02 Å². The van der Waals surface area contributed by atoms with Crippen molar-refractivity contribution >= 4 is 30.2 Å². The van der Waals surface area contributed by atoms with Gasteiger partial charge in [-0.05, 0) is 66.1 Å². The van der Waals surface area contributed by atoms with Gasteiger partial charge in [0.05, 0.1) is 0 Å². The van der Waals surface area contributed by atoms with Crippen molar-refractivity contribution < 1.29 is 18.0 Å². The zero-order valence-corrected chi connectivity index (χ0v) is 16.4. The molecule has 0 radical (unpaired) electrons. The number of rotatable bonds is 2. The van der Waals surface area contributed by atoms with Gasteiger partial charge in [-0.25, -0.2) is 0 Å². The Hall–Kier alpha value is -2.34. The first-order chi connectivity index (χ1) is 13.3. The molecule has 0 saturated carbocycles. The maximum absolute atomic E-state index is 10.4. The van der Waals surface area contributed by atoms with E-state index < -0.39 is 6.18 Å². The second kappa shape index (κ2) is 12.2. The van der Waals surface area contributed by atoms with Crippen molar-refractivity contribution in [1.29, 1.82) is 0 Å². The van der Waals surface area contributed by atoms with Crippen LogP contribution in [-0.2, 0) is 17.6 Å². The Labute approximate surface area is 168 Å². The van der Waals surface area contributed by atoms with Crippen molar-refractivity contribution in [1.82, 2.24) is 4.98 Å². The minimum absolute atomic E-state index is 0.188. The molecule has 3 rings (SSSR count). The van der Waals surface area contributed by atoms with Gasteiger partial charge in [-0.3, -0.25) is 9.78 Å². The Balaban J connectivity index is 0.000000421. The number of carbonyl (C=O) groups is 1. The van der Waals surface area contributed by atoms with E-state index in [1.165, 1.54) is 42.4 Å². The fraction of sp³-hybridized carbons (Fsp3) is 0.333. The molecule has 28 heavy (non-hydrogen) atoms. The smallest absolute Gasteiger partial charge is 0.372 e. The van der Waals surface area contributed by atoms with E-state index in [0.717, 1.165) is 17.0 Å². The number of aryl methyl sites for hydroxylation is 1. The molecule has 0 aliphatic heterocycles. The number of pyridine rings is 1. The van der Waals surface area contributed by atoms with Crippen LogP contribution in [0.15, 0.2) is 36.7 Å². The van der Waals surface area contributed by atoms with Gasteiger partial charge in [0.2, 0.25) is 6.41 Å². The SMILES string of the molecule is CC(F)(F)F.Clc1ccc2c(c1/C=C\c1ccncc1)CCCCC2.NC=O. The number of alkyl halides is 3. The van der Waals surface area contributed by atoms with Gasteiger partial charge < -0.3 is 5.73 Å². The average molecular weight is 413 g/mol. The molecule has 1 aliphatic rings. The molecule has 0 bridgehead atoms. The van der Waals surface area contributed by atoms with Crippen LogP contribution in [0.3, 0.4) is 0 Å². The maximum Gasteiger partial charge on any atom is 0.386 e. The highest BCUT2D eigenvalue weighted by atomic mass is 35.5. The lowest BCUT2D eigenvalue weighted by Crippen LogP contribution is -1.95. The van der Waals surface area contributed by atoms with E-state index in [0.29, 0.717) is 0 Å². The molecule has 0 fully saturated rings. The molecule has 1 aliphatic carbocycles. The van der Waals surface area contributed by atoms with Crippen LogP contribution in [0.1, 0.15) is 48.4 Å². The number of halogens is 4. The highest BCUT2D eigenvalue weighted by Gasteiger charge is 2.15. The van der Waals surface area contributed by atoms with E-state index in [1.54, 1.807) is 0 Å². The van der Waals surface area contributed by atoms with Gasteiger partial charge in [0.15, 0.2) is 0 Å². The quantitative estimate of drug-likeness (QED) is 0.497. The van der Waals surface area contributed by atoms with Crippen molar-refractivity contribution in [3.05, 3.63) is 63.9 Å². The predicted molar refractivity (Wildman–Crippen MR) is 108 cm³/mol. The third-order valence-corrected chi connectivity index (χ3v) is 4.25. The summed E-state index contributed by atoms with van der Waals surface area (Å²) in [7, 11) is 0. The number of amides is 1. The van der Waals surface area contributed by atoms with Crippen molar-refractivity contribution in [2.75, 3.05) is 0 Å². The Kier molecular flexibility index (Phi) is 10.3. The predicted octanol–water partition coefficient (Wildman–Crippen LogP) is 5.84. The van der Waals surface area contributed by atoms with E-state index in [4.69, 9.17) is 16.4 Å². The minimum Gasteiger partial charge on any atom is -0.372 e.